The molecule has 2 aromatic carbocycles. The van der Waals surface area contributed by atoms with Gasteiger partial charge in [-0.3, -0.25) is 4.72 Å². The molecule has 32 heavy (non-hydrogen) atoms. The van der Waals surface area contributed by atoms with Crippen molar-refractivity contribution in [2.75, 3.05) is 10.5 Å². The van der Waals surface area contributed by atoms with E-state index in [9.17, 15) is 26.9 Å². The Morgan fingerprint density at radius 3 is 2.28 bits per heavy atom. The molecule has 0 atom stereocenters. The summed E-state index contributed by atoms with van der Waals surface area (Å²) in [4.78, 5) is 0. The minimum Gasteiger partial charge on any atom is -0.382 e. The van der Waals surface area contributed by atoms with Gasteiger partial charge in [0, 0.05) is 0 Å². The first-order valence-corrected chi connectivity index (χ1v) is 10.8. The third-order valence-electron chi connectivity index (χ3n) is 4.07. The number of sulfonamides is 1. The van der Waals surface area contributed by atoms with Gasteiger partial charge >= 0.3 is 6.18 Å². The number of halogens is 5. The summed E-state index contributed by atoms with van der Waals surface area (Å²) in [6.45, 7) is 0. The summed E-state index contributed by atoms with van der Waals surface area (Å²) in [5.74, 6) is -0.401. The standard InChI is InChI=1S/C19H12Cl2F3N5O2S/c20-13-8-12(19(22,23)24)9-14(21)17(13)29-18(26)16(15(10-25)27-29)28-32(30,31)7-6-11-4-2-1-3-5-11/h1-9,28H,26H2/b7-6+. The van der Waals surface area contributed by atoms with E-state index in [0.29, 0.717) is 17.7 Å². The van der Waals surface area contributed by atoms with E-state index in [4.69, 9.17) is 28.9 Å². The second-order valence-corrected chi connectivity index (χ2v) is 8.66. The second kappa shape index (κ2) is 8.74. The lowest BCUT2D eigenvalue weighted by atomic mass is 10.2. The van der Waals surface area contributed by atoms with Crippen molar-refractivity contribution in [3.63, 3.8) is 0 Å². The van der Waals surface area contributed by atoms with Crippen molar-refractivity contribution in [2.24, 2.45) is 0 Å². The van der Waals surface area contributed by atoms with Crippen LogP contribution in [0.3, 0.4) is 0 Å². The van der Waals surface area contributed by atoms with Crippen molar-refractivity contribution < 1.29 is 21.6 Å². The molecule has 13 heteroatoms. The summed E-state index contributed by atoms with van der Waals surface area (Å²) in [5.41, 5.74) is 4.38. The number of benzene rings is 2. The lowest BCUT2D eigenvalue weighted by molar-refractivity contribution is -0.137. The van der Waals surface area contributed by atoms with Crippen LogP contribution in [0.2, 0.25) is 10.0 Å². The van der Waals surface area contributed by atoms with Crippen molar-refractivity contribution in [3.05, 3.63) is 74.7 Å². The molecule has 1 heterocycles. The summed E-state index contributed by atoms with van der Waals surface area (Å²) in [6, 6.07) is 11.4. The number of anilines is 2. The first-order valence-electron chi connectivity index (χ1n) is 8.54. The number of aromatic nitrogens is 2. The van der Waals surface area contributed by atoms with Crippen molar-refractivity contribution in [2.45, 2.75) is 6.18 Å². The van der Waals surface area contributed by atoms with Crippen molar-refractivity contribution in [1.29, 1.82) is 5.26 Å². The maximum atomic E-state index is 13.0. The number of nitriles is 1. The van der Waals surface area contributed by atoms with Crippen LogP contribution in [0.15, 0.2) is 47.9 Å². The maximum Gasteiger partial charge on any atom is 0.416 e. The highest BCUT2D eigenvalue weighted by molar-refractivity contribution is 7.95. The van der Waals surface area contributed by atoms with Gasteiger partial charge < -0.3 is 5.73 Å². The molecule has 0 spiro atoms. The van der Waals surface area contributed by atoms with Crippen molar-refractivity contribution >= 4 is 50.8 Å². The zero-order valence-corrected chi connectivity index (χ0v) is 18.1. The zero-order valence-electron chi connectivity index (χ0n) is 15.7. The molecule has 3 aromatic rings. The monoisotopic (exact) mass is 501 g/mol. The topological polar surface area (TPSA) is 114 Å². The van der Waals surface area contributed by atoms with Gasteiger partial charge in [0.1, 0.15) is 17.4 Å². The van der Waals surface area contributed by atoms with E-state index in [2.05, 4.69) is 9.82 Å². The molecule has 0 radical (unpaired) electrons. The molecule has 3 N–H and O–H groups in total. The lowest BCUT2D eigenvalue weighted by Gasteiger charge is -2.13. The van der Waals surface area contributed by atoms with Crippen LogP contribution in [0, 0.1) is 11.3 Å². The number of nitrogen functional groups attached to an aromatic ring is 1. The van der Waals surface area contributed by atoms with E-state index in [0.717, 1.165) is 10.1 Å². The van der Waals surface area contributed by atoms with E-state index in [1.807, 2.05) is 0 Å². The first kappa shape index (κ1) is 23.5. The number of alkyl halides is 3. The lowest BCUT2D eigenvalue weighted by Crippen LogP contribution is -2.12. The maximum absolute atomic E-state index is 13.0. The predicted octanol–water partition coefficient (Wildman–Crippen LogP) is 5.06. The van der Waals surface area contributed by atoms with Crippen LogP contribution in [0.25, 0.3) is 11.8 Å². The molecule has 0 aliphatic heterocycles. The summed E-state index contributed by atoms with van der Waals surface area (Å²) in [5, 5.41) is 13.1. The number of nitrogens with one attached hydrogen (secondary N) is 1. The minimum atomic E-state index is -4.70. The predicted molar refractivity (Wildman–Crippen MR) is 116 cm³/mol. The molecule has 0 amide bonds. The zero-order chi connectivity index (χ0) is 23.7. The van der Waals surface area contributed by atoms with Gasteiger partial charge in [0.05, 0.1) is 21.0 Å². The molecule has 1 aromatic heterocycles. The van der Waals surface area contributed by atoms with E-state index in [-0.39, 0.29) is 11.4 Å². The molecular formula is C19H12Cl2F3N5O2S. The van der Waals surface area contributed by atoms with Gasteiger partial charge in [-0.2, -0.15) is 23.5 Å². The van der Waals surface area contributed by atoms with Crippen LogP contribution < -0.4 is 10.5 Å². The largest absolute Gasteiger partial charge is 0.416 e. The highest BCUT2D eigenvalue weighted by Gasteiger charge is 2.33. The van der Waals surface area contributed by atoms with Gasteiger partial charge in [-0.25, -0.2) is 13.1 Å². The minimum absolute atomic E-state index is 0.249. The quantitative estimate of drug-likeness (QED) is 0.506. The van der Waals surface area contributed by atoms with Gasteiger partial charge in [0.15, 0.2) is 11.5 Å². The average Bonchev–Trinajstić information content (AvgIpc) is 3.01. The number of hydrogen-bond acceptors (Lipinski definition) is 5. The van der Waals surface area contributed by atoms with Gasteiger partial charge in [-0.15, -0.1) is 0 Å². The molecule has 0 saturated heterocycles. The molecule has 0 unspecified atom stereocenters. The summed E-state index contributed by atoms with van der Waals surface area (Å²) >= 11 is 11.9. The summed E-state index contributed by atoms with van der Waals surface area (Å²) in [6.07, 6.45) is -3.39. The fraction of sp³-hybridized carbons (Fsp3) is 0.0526. The molecule has 3 rings (SSSR count). The van der Waals surface area contributed by atoms with Crippen molar-refractivity contribution in [3.8, 4) is 11.8 Å². The number of nitrogens with two attached hydrogens (primary N) is 1. The fourth-order valence-electron chi connectivity index (χ4n) is 2.62. The molecule has 0 saturated carbocycles. The first-order chi connectivity index (χ1) is 14.9. The smallest absolute Gasteiger partial charge is 0.382 e. The molecular weight excluding hydrogens is 490 g/mol. The summed E-state index contributed by atoms with van der Waals surface area (Å²) in [7, 11) is -4.13. The Hall–Kier alpha value is -3.20. The fourth-order valence-corrected chi connectivity index (χ4v) is 4.16. The van der Waals surface area contributed by atoms with Crippen molar-refractivity contribution in [1.82, 2.24) is 9.78 Å². The number of nitrogens with zero attached hydrogens (tertiary/aromatic N) is 3. The second-order valence-electron chi connectivity index (χ2n) is 6.28. The van der Waals surface area contributed by atoms with E-state index >= 15 is 0 Å². The summed E-state index contributed by atoms with van der Waals surface area (Å²) < 4.78 is 66.7. The average molecular weight is 502 g/mol. The highest BCUT2D eigenvalue weighted by Crippen LogP contribution is 2.39. The Morgan fingerprint density at radius 2 is 1.75 bits per heavy atom. The Morgan fingerprint density at radius 1 is 1.16 bits per heavy atom. The third kappa shape index (κ3) is 4.99. The van der Waals surface area contributed by atoms with Crippen LogP contribution in [0.1, 0.15) is 16.8 Å². The van der Waals surface area contributed by atoms with E-state index < -0.39 is 43.3 Å². The van der Waals surface area contributed by atoms with E-state index in [1.165, 1.54) is 6.08 Å². The van der Waals surface area contributed by atoms with Gasteiger partial charge in [-0.1, -0.05) is 53.5 Å². The molecule has 166 valence electrons. The van der Waals surface area contributed by atoms with E-state index in [1.54, 1.807) is 36.4 Å². The molecule has 0 fully saturated rings. The van der Waals surface area contributed by atoms with Crippen LogP contribution in [-0.4, -0.2) is 18.2 Å². The number of hydrogen-bond donors (Lipinski definition) is 2. The Labute approximate surface area is 190 Å². The van der Waals surface area contributed by atoms with Gasteiger partial charge in [-0.05, 0) is 23.8 Å². The van der Waals surface area contributed by atoms with Crippen LogP contribution in [-0.2, 0) is 16.2 Å². The van der Waals surface area contributed by atoms with Gasteiger partial charge in [0.25, 0.3) is 10.0 Å². The molecule has 7 nitrogen and oxygen atoms in total. The van der Waals surface area contributed by atoms with Crippen LogP contribution in [0.5, 0.6) is 0 Å². The van der Waals surface area contributed by atoms with Crippen LogP contribution in [0.4, 0.5) is 24.7 Å². The Balaban J connectivity index is 2.03. The van der Waals surface area contributed by atoms with Gasteiger partial charge in [0.2, 0.25) is 0 Å². The third-order valence-corrected chi connectivity index (χ3v) is 5.63. The SMILES string of the molecule is N#Cc1nn(-c2c(Cl)cc(C(F)(F)F)cc2Cl)c(N)c1NS(=O)(=O)/C=C/c1ccccc1. The molecule has 0 bridgehead atoms. The Kier molecular flexibility index (Phi) is 6.41. The van der Waals surface area contributed by atoms with Crippen LogP contribution >= 0.6 is 23.2 Å². The number of rotatable bonds is 5. The normalized spacial score (nSPS) is 12.1. The Bertz CT molecular complexity index is 1320. The molecule has 0 aliphatic rings. The highest BCUT2D eigenvalue weighted by atomic mass is 35.5. The molecule has 0 aliphatic carbocycles.